The topological polar surface area (TPSA) is 75.6 Å². The van der Waals surface area contributed by atoms with Gasteiger partial charge >= 0.3 is 0 Å². The van der Waals surface area contributed by atoms with E-state index in [1.54, 1.807) is 12.4 Å². The number of halogens is 1. The smallest absolute Gasteiger partial charge is 0.287 e. The van der Waals surface area contributed by atoms with Gasteiger partial charge in [0, 0.05) is 19.4 Å². The minimum absolute atomic E-state index is 0.153. The van der Waals surface area contributed by atoms with Gasteiger partial charge in [0.25, 0.3) is 5.91 Å². The molecule has 0 aliphatic carbocycles. The largest absolute Gasteiger partial charge is 0.342 e. The average molecular weight is 273 g/mol. The summed E-state index contributed by atoms with van der Waals surface area (Å²) < 4.78 is 14.9. The van der Waals surface area contributed by atoms with Crippen molar-refractivity contribution < 1.29 is 9.18 Å². The lowest BCUT2D eigenvalue weighted by atomic mass is 10.3. The van der Waals surface area contributed by atoms with Crippen LogP contribution in [0.4, 0.5) is 4.39 Å². The van der Waals surface area contributed by atoms with Crippen LogP contribution in [-0.2, 0) is 13.6 Å². The number of carbonyl (C=O) groups excluding carboxylic acids is 1. The van der Waals surface area contributed by atoms with E-state index in [1.165, 1.54) is 18.2 Å². The number of amides is 1. The van der Waals surface area contributed by atoms with Crippen molar-refractivity contribution >= 4 is 16.9 Å². The van der Waals surface area contributed by atoms with Crippen molar-refractivity contribution in [2.24, 2.45) is 7.05 Å². The number of hydrogen-bond donors (Lipinski definition) is 2. The maximum absolute atomic E-state index is 13.1. The molecule has 0 radical (unpaired) electrons. The summed E-state index contributed by atoms with van der Waals surface area (Å²) in [6, 6.07) is 4.13. The van der Waals surface area contributed by atoms with Gasteiger partial charge in [-0.25, -0.2) is 14.4 Å². The highest BCUT2D eigenvalue weighted by molar-refractivity contribution is 5.94. The Hall–Kier alpha value is -2.70. The second-order valence-corrected chi connectivity index (χ2v) is 4.38. The third kappa shape index (κ3) is 2.25. The van der Waals surface area contributed by atoms with Crippen molar-refractivity contribution in [3.63, 3.8) is 0 Å². The quantitative estimate of drug-likeness (QED) is 0.756. The van der Waals surface area contributed by atoms with Gasteiger partial charge in [-0.1, -0.05) is 0 Å². The van der Waals surface area contributed by atoms with Crippen LogP contribution in [0, 0.1) is 5.82 Å². The molecule has 3 aromatic rings. The standard InChI is InChI=1S/C13H12FN5O/c1-19-5-4-15-11(19)7-16-13(20)12-17-9-3-2-8(14)6-10(9)18-12/h2-6H,7H2,1H3,(H,16,20)(H,17,18). The molecule has 3 rings (SSSR count). The normalized spacial score (nSPS) is 10.9. The van der Waals surface area contributed by atoms with Crippen molar-refractivity contribution in [3.05, 3.63) is 48.1 Å². The van der Waals surface area contributed by atoms with Crippen molar-refractivity contribution in [1.82, 2.24) is 24.8 Å². The van der Waals surface area contributed by atoms with Crippen molar-refractivity contribution in [3.8, 4) is 0 Å². The summed E-state index contributed by atoms with van der Waals surface area (Å²) in [4.78, 5) is 23.0. The lowest BCUT2D eigenvalue weighted by molar-refractivity contribution is 0.0940. The monoisotopic (exact) mass is 273 g/mol. The summed E-state index contributed by atoms with van der Waals surface area (Å²) in [5, 5.41) is 2.71. The minimum Gasteiger partial charge on any atom is -0.342 e. The number of aromatic nitrogens is 4. The lowest BCUT2D eigenvalue weighted by Crippen LogP contribution is -2.25. The molecule has 0 aliphatic rings. The van der Waals surface area contributed by atoms with Gasteiger partial charge in [-0.05, 0) is 18.2 Å². The molecule has 1 amide bonds. The molecule has 0 atom stereocenters. The second-order valence-electron chi connectivity index (χ2n) is 4.38. The highest BCUT2D eigenvalue weighted by Gasteiger charge is 2.12. The number of carbonyl (C=O) groups is 1. The number of benzene rings is 1. The summed E-state index contributed by atoms with van der Waals surface area (Å²) in [5.41, 5.74) is 1.04. The van der Waals surface area contributed by atoms with Gasteiger partial charge in [0.15, 0.2) is 5.82 Å². The van der Waals surface area contributed by atoms with E-state index in [4.69, 9.17) is 0 Å². The van der Waals surface area contributed by atoms with Crippen LogP contribution in [0.2, 0.25) is 0 Å². The first-order chi connectivity index (χ1) is 9.63. The van der Waals surface area contributed by atoms with E-state index in [1.807, 2.05) is 11.6 Å². The van der Waals surface area contributed by atoms with Gasteiger partial charge < -0.3 is 14.9 Å². The van der Waals surface area contributed by atoms with E-state index in [-0.39, 0.29) is 17.5 Å². The van der Waals surface area contributed by atoms with Crippen LogP contribution in [0.5, 0.6) is 0 Å². The number of H-pyrrole nitrogens is 1. The Bertz CT molecular complexity index is 776. The maximum atomic E-state index is 13.1. The van der Waals surface area contributed by atoms with Crippen LogP contribution in [0.3, 0.4) is 0 Å². The Kier molecular flexibility index (Phi) is 2.94. The zero-order valence-electron chi connectivity index (χ0n) is 10.7. The van der Waals surface area contributed by atoms with E-state index in [2.05, 4.69) is 20.3 Å². The molecule has 1 aromatic carbocycles. The molecular formula is C13H12FN5O. The van der Waals surface area contributed by atoms with Crippen LogP contribution in [0.1, 0.15) is 16.4 Å². The van der Waals surface area contributed by atoms with Crippen molar-refractivity contribution in [1.29, 1.82) is 0 Å². The molecule has 0 saturated carbocycles. The molecular weight excluding hydrogens is 261 g/mol. The molecule has 7 heteroatoms. The number of rotatable bonds is 3. The third-order valence-corrected chi connectivity index (χ3v) is 2.99. The Labute approximate surface area is 113 Å². The molecule has 0 saturated heterocycles. The molecule has 0 aliphatic heterocycles. The highest BCUT2D eigenvalue weighted by Crippen LogP contribution is 2.12. The van der Waals surface area contributed by atoms with E-state index >= 15 is 0 Å². The first-order valence-corrected chi connectivity index (χ1v) is 6.03. The van der Waals surface area contributed by atoms with Gasteiger partial charge in [-0.15, -0.1) is 0 Å². The van der Waals surface area contributed by atoms with Gasteiger partial charge in [0.1, 0.15) is 11.6 Å². The first-order valence-electron chi connectivity index (χ1n) is 6.03. The molecule has 0 bridgehead atoms. The maximum Gasteiger partial charge on any atom is 0.287 e. The van der Waals surface area contributed by atoms with Crippen LogP contribution in [0.15, 0.2) is 30.6 Å². The van der Waals surface area contributed by atoms with Crippen LogP contribution in [0.25, 0.3) is 11.0 Å². The molecule has 2 heterocycles. The predicted molar refractivity (Wildman–Crippen MR) is 70.4 cm³/mol. The van der Waals surface area contributed by atoms with Crippen LogP contribution < -0.4 is 5.32 Å². The van der Waals surface area contributed by atoms with E-state index < -0.39 is 0 Å². The van der Waals surface area contributed by atoms with Crippen LogP contribution >= 0.6 is 0 Å². The molecule has 20 heavy (non-hydrogen) atoms. The molecule has 0 unspecified atom stereocenters. The Morgan fingerprint density at radius 2 is 2.35 bits per heavy atom. The molecule has 2 aromatic heterocycles. The predicted octanol–water partition coefficient (Wildman–Crippen LogP) is 1.37. The van der Waals surface area contributed by atoms with Crippen LogP contribution in [-0.4, -0.2) is 25.4 Å². The SMILES string of the molecule is Cn1ccnc1CNC(=O)c1nc2ccc(F)cc2[nH]1. The Morgan fingerprint density at radius 1 is 1.50 bits per heavy atom. The number of hydrogen-bond acceptors (Lipinski definition) is 3. The zero-order valence-corrected chi connectivity index (χ0v) is 10.7. The minimum atomic E-state index is -0.374. The zero-order chi connectivity index (χ0) is 14.1. The number of fused-ring (bicyclic) bond motifs is 1. The Morgan fingerprint density at radius 3 is 3.10 bits per heavy atom. The van der Waals surface area contributed by atoms with Gasteiger partial charge in [0.2, 0.25) is 0 Å². The van der Waals surface area contributed by atoms with E-state index in [0.29, 0.717) is 17.6 Å². The van der Waals surface area contributed by atoms with Crippen molar-refractivity contribution in [2.45, 2.75) is 6.54 Å². The number of aryl methyl sites for hydroxylation is 1. The Balaban J connectivity index is 1.77. The summed E-state index contributed by atoms with van der Waals surface area (Å²) >= 11 is 0. The summed E-state index contributed by atoms with van der Waals surface area (Å²) in [7, 11) is 1.85. The van der Waals surface area contributed by atoms with Gasteiger partial charge in [0.05, 0.1) is 17.6 Å². The number of nitrogens with one attached hydrogen (secondary N) is 2. The third-order valence-electron chi connectivity index (χ3n) is 2.99. The summed E-state index contributed by atoms with van der Waals surface area (Å²) in [5.74, 6) is 0.158. The average Bonchev–Trinajstić information content (AvgIpc) is 3.01. The number of aromatic amines is 1. The highest BCUT2D eigenvalue weighted by atomic mass is 19.1. The van der Waals surface area contributed by atoms with Crippen molar-refractivity contribution in [2.75, 3.05) is 0 Å². The summed E-state index contributed by atoms with van der Waals surface area (Å²) in [6.45, 7) is 0.299. The number of nitrogens with zero attached hydrogens (tertiary/aromatic N) is 3. The van der Waals surface area contributed by atoms with Gasteiger partial charge in [-0.3, -0.25) is 4.79 Å². The lowest BCUT2D eigenvalue weighted by Gasteiger charge is -2.02. The molecule has 0 spiro atoms. The summed E-state index contributed by atoms with van der Waals surface area (Å²) in [6.07, 6.45) is 3.46. The molecule has 2 N–H and O–H groups in total. The fourth-order valence-corrected chi connectivity index (χ4v) is 1.90. The fraction of sp³-hybridized carbons (Fsp3) is 0.154. The molecule has 0 fully saturated rings. The fourth-order valence-electron chi connectivity index (χ4n) is 1.90. The second kappa shape index (κ2) is 4.76. The first kappa shape index (κ1) is 12.3. The van der Waals surface area contributed by atoms with E-state index in [9.17, 15) is 9.18 Å². The molecule has 6 nitrogen and oxygen atoms in total. The van der Waals surface area contributed by atoms with Gasteiger partial charge in [-0.2, -0.15) is 0 Å². The molecule has 102 valence electrons. The number of imidazole rings is 2. The van der Waals surface area contributed by atoms with E-state index in [0.717, 1.165) is 5.82 Å².